The summed E-state index contributed by atoms with van der Waals surface area (Å²) >= 11 is 0. The number of nitrogens with zero attached hydrogens (tertiary/aromatic N) is 2. The van der Waals surface area contributed by atoms with Crippen molar-refractivity contribution in [1.29, 1.82) is 0 Å². The molecule has 1 aliphatic heterocycles. The molecule has 0 aromatic heterocycles. The molecule has 5 nitrogen and oxygen atoms in total. The Bertz CT molecular complexity index is 762. The molecule has 3 rings (SSSR count). The highest BCUT2D eigenvalue weighted by Crippen LogP contribution is 2.16. The smallest absolute Gasteiger partial charge is 0.191 e. The van der Waals surface area contributed by atoms with Crippen LogP contribution in [0.4, 0.5) is 0 Å². The van der Waals surface area contributed by atoms with Gasteiger partial charge in [0, 0.05) is 26.2 Å². The number of rotatable bonds is 9. The highest BCUT2D eigenvalue weighted by Gasteiger charge is 2.22. The van der Waals surface area contributed by atoms with Crippen molar-refractivity contribution in [2.75, 3.05) is 39.8 Å². The molecule has 0 saturated carbocycles. The number of ether oxygens (including phenoxy) is 1. The summed E-state index contributed by atoms with van der Waals surface area (Å²) < 4.78 is 5.30. The monoisotopic (exact) mass is 394 g/mol. The predicted octanol–water partition coefficient (Wildman–Crippen LogP) is 3.31. The highest BCUT2D eigenvalue weighted by molar-refractivity contribution is 5.79. The number of methoxy groups -OCH3 is 1. The fourth-order valence-electron chi connectivity index (χ4n) is 3.74. The maximum Gasteiger partial charge on any atom is 0.191 e. The van der Waals surface area contributed by atoms with Crippen LogP contribution in [-0.4, -0.2) is 50.7 Å². The van der Waals surface area contributed by atoms with E-state index in [0.717, 1.165) is 49.9 Å². The van der Waals surface area contributed by atoms with Crippen molar-refractivity contribution < 1.29 is 4.74 Å². The van der Waals surface area contributed by atoms with Crippen LogP contribution >= 0.6 is 0 Å². The van der Waals surface area contributed by atoms with Gasteiger partial charge in [-0.1, -0.05) is 42.5 Å². The summed E-state index contributed by atoms with van der Waals surface area (Å²) in [6.45, 7) is 8.06. The first-order valence-electron chi connectivity index (χ1n) is 10.7. The lowest BCUT2D eigenvalue weighted by molar-refractivity contribution is 0.328. The summed E-state index contributed by atoms with van der Waals surface area (Å²) in [5, 5.41) is 6.89. The van der Waals surface area contributed by atoms with Crippen LogP contribution in [0.3, 0.4) is 0 Å². The van der Waals surface area contributed by atoms with Crippen LogP contribution in [-0.2, 0) is 13.0 Å². The van der Waals surface area contributed by atoms with E-state index >= 15 is 0 Å². The Morgan fingerprint density at radius 3 is 2.72 bits per heavy atom. The van der Waals surface area contributed by atoms with Crippen LogP contribution in [0.2, 0.25) is 0 Å². The molecule has 156 valence electrons. The van der Waals surface area contributed by atoms with Crippen LogP contribution in [0.25, 0.3) is 0 Å². The zero-order valence-corrected chi connectivity index (χ0v) is 17.7. The number of hydrogen-bond donors (Lipinski definition) is 2. The van der Waals surface area contributed by atoms with Crippen molar-refractivity contribution in [3.63, 3.8) is 0 Å². The van der Waals surface area contributed by atoms with Crippen LogP contribution < -0.4 is 15.4 Å². The van der Waals surface area contributed by atoms with E-state index in [0.29, 0.717) is 12.5 Å². The molecule has 5 heteroatoms. The van der Waals surface area contributed by atoms with E-state index in [1.807, 2.05) is 18.2 Å². The van der Waals surface area contributed by atoms with Crippen LogP contribution in [0.5, 0.6) is 5.75 Å². The lowest BCUT2D eigenvalue weighted by atomic mass is 10.1. The van der Waals surface area contributed by atoms with E-state index in [-0.39, 0.29) is 0 Å². The SMILES string of the molecule is CCNC(=NCc1cccc(OC)c1)NCC1CCN(CCc2ccccc2)C1. The molecule has 2 N–H and O–H groups in total. The Labute approximate surface area is 175 Å². The van der Waals surface area contributed by atoms with Crippen LogP contribution in [0.15, 0.2) is 59.6 Å². The number of hydrogen-bond acceptors (Lipinski definition) is 3. The van der Waals surface area contributed by atoms with Gasteiger partial charge in [-0.15, -0.1) is 0 Å². The molecule has 2 aromatic rings. The summed E-state index contributed by atoms with van der Waals surface area (Å²) in [6.07, 6.45) is 2.38. The van der Waals surface area contributed by atoms with Gasteiger partial charge in [0.15, 0.2) is 5.96 Å². The second-order valence-corrected chi connectivity index (χ2v) is 7.62. The second-order valence-electron chi connectivity index (χ2n) is 7.62. The van der Waals surface area contributed by atoms with E-state index < -0.39 is 0 Å². The Balaban J connectivity index is 1.43. The molecule has 1 saturated heterocycles. The third kappa shape index (κ3) is 7.09. The minimum atomic E-state index is 0.639. The van der Waals surface area contributed by atoms with E-state index in [4.69, 9.17) is 9.73 Å². The van der Waals surface area contributed by atoms with Gasteiger partial charge < -0.3 is 20.3 Å². The van der Waals surface area contributed by atoms with Crippen molar-refractivity contribution in [2.45, 2.75) is 26.3 Å². The van der Waals surface area contributed by atoms with Gasteiger partial charge in [-0.05, 0) is 55.5 Å². The van der Waals surface area contributed by atoms with Gasteiger partial charge in [0.25, 0.3) is 0 Å². The van der Waals surface area contributed by atoms with Gasteiger partial charge in [-0.2, -0.15) is 0 Å². The molecule has 0 bridgehead atoms. The van der Waals surface area contributed by atoms with E-state index in [9.17, 15) is 0 Å². The molecular weight excluding hydrogens is 360 g/mol. The largest absolute Gasteiger partial charge is 0.497 e. The molecule has 1 heterocycles. The van der Waals surface area contributed by atoms with Crippen LogP contribution in [0.1, 0.15) is 24.5 Å². The maximum absolute atomic E-state index is 5.30. The molecule has 29 heavy (non-hydrogen) atoms. The van der Waals surface area contributed by atoms with E-state index in [1.165, 1.54) is 18.5 Å². The minimum absolute atomic E-state index is 0.639. The Morgan fingerprint density at radius 1 is 1.10 bits per heavy atom. The first kappa shape index (κ1) is 21.2. The molecule has 1 unspecified atom stereocenters. The van der Waals surface area contributed by atoms with E-state index in [2.05, 4.69) is 58.9 Å². The average Bonchev–Trinajstić information content (AvgIpc) is 3.23. The van der Waals surface area contributed by atoms with Crippen molar-refractivity contribution in [1.82, 2.24) is 15.5 Å². The van der Waals surface area contributed by atoms with Gasteiger partial charge >= 0.3 is 0 Å². The van der Waals surface area contributed by atoms with Crippen molar-refractivity contribution in [2.24, 2.45) is 10.9 Å². The first-order chi connectivity index (χ1) is 14.3. The average molecular weight is 395 g/mol. The van der Waals surface area contributed by atoms with Gasteiger partial charge in [0.2, 0.25) is 0 Å². The fourth-order valence-corrected chi connectivity index (χ4v) is 3.74. The van der Waals surface area contributed by atoms with Gasteiger partial charge in [0.05, 0.1) is 13.7 Å². The number of nitrogens with one attached hydrogen (secondary N) is 2. The summed E-state index contributed by atoms with van der Waals surface area (Å²) in [5.74, 6) is 2.43. The summed E-state index contributed by atoms with van der Waals surface area (Å²) in [5.41, 5.74) is 2.57. The normalized spacial score (nSPS) is 17.3. The zero-order chi connectivity index (χ0) is 20.3. The van der Waals surface area contributed by atoms with Crippen molar-refractivity contribution >= 4 is 5.96 Å². The Morgan fingerprint density at radius 2 is 1.93 bits per heavy atom. The molecule has 0 radical (unpaired) electrons. The topological polar surface area (TPSA) is 48.9 Å². The second kappa shape index (κ2) is 11.5. The van der Waals surface area contributed by atoms with Gasteiger partial charge in [-0.25, -0.2) is 4.99 Å². The molecule has 0 amide bonds. The summed E-state index contributed by atoms with van der Waals surface area (Å²) in [7, 11) is 1.69. The number of aliphatic imine (C=N–C) groups is 1. The fraction of sp³-hybridized carbons (Fsp3) is 0.458. The molecule has 1 aliphatic rings. The third-order valence-electron chi connectivity index (χ3n) is 5.39. The number of likely N-dealkylation sites (tertiary alicyclic amines) is 1. The Kier molecular flexibility index (Phi) is 8.38. The third-order valence-corrected chi connectivity index (χ3v) is 5.39. The zero-order valence-electron chi connectivity index (χ0n) is 17.7. The lowest BCUT2D eigenvalue weighted by Crippen LogP contribution is -2.40. The van der Waals surface area contributed by atoms with Crippen LogP contribution in [0, 0.1) is 5.92 Å². The summed E-state index contributed by atoms with van der Waals surface area (Å²) in [6, 6.07) is 18.9. The molecule has 0 spiro atoms. The van der Waals surface area contributed by atoms with Crippen molar-refractivity contribution in [3.05, 3.63) is 65.7 Å². The standard InChI is InChI=1S/C24H34N4O/c1-3-25-24(26-17-21-10-7-11-23(16-21)29-2)27-18-22-13-15-28(19-22)14-12-20-8-5-4-6-9-20/h4-11,16,22H,3,12-15,17-19H2,1-2H3,(H2,25,26,27). The van der Waals surface area contributed by atoms with Crippen molar-refractivity contribution in [3.8, 4) is 5.75 Å². The minimum Gasteiger partial charge on any atom is -0.497 e. The van der Waals surface area contributed by atoms with Gasteiger partial charge in [-0.3, -0.25) is 0 Å². The number of guanidine groups is 1. The lowest BCUT2D eigenvalue weighted by Gasteiger charge is -2.17. The molecule has 2 aromatic carbocycles. The maximum atomic E-state index is 5.30. The molecule has 1 fully saturated rings. The quantitative estimate of drug-likeness (QED) is 0.506. The molecule has 1 atom stereocenters. The highest BCUT2D eigenvalue weighted by atomic mass is 16.5. The van der Waals surface area contributed by atoms with Gasteiger partial charge in [0.1, 0.15) is 5.75 Å². The Hall–Kier alpha value is -2.53. The summed E-state index contributed by atoms with van der Waals surface area (Å²) in [4.78, 5) is 7.32. The number of benzene rings is 2. The predicted molar refractivity (Wildman–Crippen MR) is 121 cm³/mol. The van der Waals surface area contributed by atoms with E-state index in [1.54, 1.807) is 7.11 Å². The first-order valence-corrected chi connectivity index (χ1v) is 10.7. The molecular formula is C24H34N4O. The molecule has 0 aliphatic carbocycles.